The summed E-state index contributed by atoms with van der Waals surface area (Å²) < 4.78 is 3.27. The third-order valence-corrected chi connectivity index (χ3v) is 6.42. The number of nitrogens with zero attached hydrogens (tertiary/aromatic N) is 4. The summed E-state index contributed by atoms with van der Waals surface area (Å²) in [6, 6.07) is 23.2. The van der Waals surface area contributed by atoms with E-state index in [9.17, 15) is 9.59 Å². The van der Waals surface area contributed by atoms with Gasteiger partial charge in [-0.3, -0.25) is 23.9 Å². The number of aryl methyl sites for hydroxylation is 1. The van der Waals surface area contributed by atoms with E-state index in [4.69, 9.17) is 0 Å². The molecule has 0 fully saturated rings. The molecule has 6 aromatic rings. The average molecular weight is 460 g/mol. The molecule has 0 aliphatic heterocycles. The number of hydrogen-bond donors (Lipinski definition) is 1. The molecule has 0 aliphatic carbocycles. The molecular weight excluding hydrogens is 438 g/mol. The Morgan fingerprint density at radius 1 is 0.857 bits per heavy atom. The highest BCUT2D eigenvalue weighted by Gasteiger charge is 2.17. The molecular formula is C28H21N5O2. The van der Waals surface area contributed by atoms with E-state index in [1.165, 1.54) is 0 Å². The standard InChI is InChI=1S/C28H21N5O2/c1-29-27(34)17-7-10-21(11-8-17)33-26-22-14-18(20-13-19-5-3-4-6-23(19)30-15-20)9-12-24(22)31-16-25(26)32(2)28(33)35/h3-16H,1-2H3,(H,29,34). The van der Waals surface area contributed by atoms with Gasteiger partial charge in [0.2, 0.25) is 0 Å². The maximum absolute atomic E-state index is 13.3. The van der Waals surface area contributed by atoms with E-state index >= 15 is 0 Å². The van der Waals surface area contributed by atoms with Gasteiger partial charge in [-0.05, 0) is 54.1 Å². The van der Waals surface area contributed by atoms with Gasteiger partial charge in [0.15, 0.2) is 0 Å². The first-order chi connectivity index (χ1) is 17.0. The summed E-state index contributed by atoms with van der Waals surface area (Å²) in [5.74, 6) is -0.176. The van der Waals surface area contributed by atoms with Crippen LogP contribution < -0.4 is 11.0 Å². The number of benzene rings is 3. The third-order valence-electron chi connectivity index (χ3n) is 6.42. The predicted molar refractivity (Wildman–Crippen MR) is 138 cm³/mol. The second-order valence-electron chi connectivity index (χ2n) is 8.44. The molecule has 0 bridgehead atoms. The number of aromatic nitrogens is 4. The van der Waals surface area contributed by atoms with Gasteiger partial charge in [-0.2, -0.15) is 0 Å². The van der Waals surface area contributed by atoms with E-state index in [2.05, 4.69) is 27.4 Å². The lowest BCUT2D eigenvalue weighted by molar-refractivity contribution is 0.0963. The second-order valence-corrected chi connectivity index (χ2v) is 8.44. The van der Waals surface area contributed by atoms with Crippen LogP contribution in [0.5, 0.6) is 0 Å². The number of para-hydroxylation sites is 1. The number of hydrogen-bond acceptors (Lipinski definition) is 4. The molecule has 0 atom stereocenters. The van der Waals surface area contributed by atoms with Gasteiger partial charge < -0.3 is 5.32 Å². The smallest absolute Gasteiger partial charge is 0.333 e. The number of imidazole rings is 1. The first kappa shape index (κ1) is 20.8. The molecule has 35 heavy (non-hydrogen) atoms. The summed E-state index contributed by atoms with van der Waals surface area (Å²) in [6.07, 6.45) is 3.60. The lowest BCUT2D eigenvalue weighted by Crippen LogP contribution is -2.21. The topological polar surface area (TPSA) is 81.8 Å². The second kappa shape index (κ2) is 7.92. The van der Waals surface area contributed by atoms with Gasteiger partial charge in [-0.25, -0.2) is 4.79 Å². The van der Waals surface area contributed by atoms with Gasteiger partial charge in [0.25, 0.3) is 5.91 Å². The first-order valence-electron chi connectivity index (χ1n) is 11.2. The summed E-state index contributed by atoms with van der Waals surface area (Å²) in [5, 5.41) is 4.54. The van der Waals surface area contributed by atoms with Crippen molar-refractivity contribution in [1.82, 2.24) is 24.4 Å². The highest BCUT2D eigenvalue weighted by atomic mass is 16.2. The lowest BCUT2D eigenvalue weighted by atomic mass is 10.0. The normalized spacial score (nSPS) is 11.4. The van der Waals surface area contributed by atoms with Crippen LogP contribution in [0.25, 0.3) is 49.7 Å². The van der Waals surface area contributed by atoms with Crippen LogP contribution in [0.15, 0.2) is 90.0 Å². The van der Waals surface area contributed by atoms with E-state index < -0.39 is 0 Å². The molecule has 7 nitrogen and oxygen atoms in total. The lowest BCUT2D eigenvalue weighted by Gasteiger charge is -2.09. The van der Waals surface area contributed by atoms with Crippen LogP contribution in [0, 0.1) is 0 Å². The largest absolute Gasteiger partial charge is 0.355 e. The number of fused-ring (bicyclic) bond motifs is 4. The number of pyridine rings is 2. The maximum atomic E-state index is 13.3. The quantitative estimate of drug-likeness (QED) is 0.424. The summed E-state index contributed by atoms with van der Waals surface area (Å²) in [7, 11) is 3.33. The molecule has 1 amide bonds. The zero-order valence-electron chi connectivity index (χ0n) is 19.2. The van der Waals surface area contributed by atoms with E-state index in [-0.39, 0.29) is 11.6 Å². The van der Waals surface area contributed by atoms with Gasteiger partial charge in [0, 0.05) is 42.2 Å². The SMILES string of the molecule is CNC(=O)c1ccc(-n2c(=O)n(C)c3cnc4ccc(-c5cnc6ccccc6c5)cc4c32)cc1. The summed E-state index contributed by atoms with van der Waals surface area (Å²) in [5.41, 5.74) is 6.23. The van der Waals surface area contributed by atoms with Crippen molar-refractivity contribution in [3.63, 3.8) is 0 Å². The molecule has 170 valence electrons. The molecule has 3 heterocycles. The fraction of sp³-hybridized carbons (Fsp3) is 0.0714. The molecule has 6 rings (SSSR count). The molecule has 1 N–H and O–H groups in total. The molecule has 7 heteroatoms. The Bertz CT molecular complexity index is 1830. The monoisotopic (exact) mass is 459 g/mol. The number of amides is 1. The number of nitrogens with one attached hydrogen (secondary N) is 1. The van der Waals surface area contributed by atoms with Gasteiger partial charge >= 0.3 is 5.69 Å². The van der Waals surface area contributed by atoms with Crippen molar-refractivity contribution in [2.45, 2.75) is 0 Å². The number of rotatable bonds is 3. The van der Waals surface area contributed by atoms with Gasteiger partial charge in [0.1, 0.15) is 0 Å². The Morgan fingerprint density at radius 3 is 2.43 bits per heavy atom. The van der Waals surface area contributed by atoms with Gasteiger partial charge in [-0.1, -0.05) is 24.3 Å². The van der Waals surface area contributed by atoms with E-state index in [0.29, 0.717) is 11.3 Å². The highest BCUT2D eigenvalue weighted by molar-refractivity contribution is 6.05. The van der Waals surface area contributed by atoms with Crippen LogP contribution >= 0.6 is 0 Å². The highest BCUT2D eigenvalue weighted by Crippen LogP contribution is 2.30. The molecule has 0 spiro atoms. The van der Waals surface area contributed by atoms with Crippen molar-refractivity contribution >= 4 is 38.7 Å². The minimum atomic E-state index is -0.181. The van der Waals surface area contributed by atoms with Crippen LogP contribution in [-0.2, 0) is 7.05 Å². The Hall–Kier alpha value is -4.78. The Labute approximate surface area is 200 Å². The van der Waals surface area contributed by atoms with Crippen LogP contribution in [0.4, 0.5) is 0 Å². The van der Waals surface area contributed by atoms with Crippen molar-refractivity contribution in [3.05, 3.63) is 101 Å². The molecule has 0 radical (unpaired) electrons. The van der Waals surface area contributed by atoms with Gasteiger partial charge in [-0.15, -0.1) is 0 Å². The summed E-state index contributed by atoms with van der Waals surface area (Å²) in [6.45, 7) is 0. The Kier molecular flexibility index (Phi) is 4.70. The molecule has 0 saturated heterocycles. The number of carbonyl (C=O) groups is 1. The molecule has 3 aromatic carbocycles. The van der Waals surface area contributed by atoms with Crippen molar-refractivity contribution in [3.8, 4) is 16.8 Å². The van der Waals surface area contributed by atoms with Crippen LogP contribution in [0.3, 0.4) is 0 Å². The zero-order valence-corrected chi connectivity index (χ0v) is 19.2. The third kappa shape index (κ3) is 3.28. The zero-order chi connectivity index (χ0) is 24.1. The summed E-state index contributed by atoms with van der Waals surface area (Å²) in [4.78, 5) is 34.5. The minimum Gasteiger partial charge on any atom is -0.355 e. The Balaban J connectivity index is 1.60. The first-order valence-corrected chi connectivity index (χ1v) is 11.2. The van der Waals surface area contributed by atoms with Gasteiger partial charge in [0.05, 0.1) is 34.0 Å². The van der Waals surface area contributed by atoms with Crippen molar-refractivity contribution < 1.29 is 4.79 Å². The average Bonchev–Trinajstić information content (AvgIpc) is 3.17. The summed E-state index contributed by atoms with van der Waals surface area (Å²) >= 11 is 0. The van der Waals surface area contributed by atoms with E-state index in [0.717, 1.165) is 44.0 Å². The van der Waals surface area contributed by atoms with Crippen LogP contribution in [0.1, 0.15) is 10.4 Å². The predicted octanol–water partition coefficient (Wildman–Crippen LogP) is 4.45. The minimum absolute atomic E-state index is 0.176. The van der Waals surface area contributed by atoms with E-state index in [1.807, 2.05) is 42.6 Å². The molecule has 0 saturated carbocycles. The number of carbonyl (C=O) groups excluding carboxylic acids is 1. The molecule has 3 aromatic heterocycles. The van der Waals surface area contributed by atoms with Crippen LogP contribution in [-0.4, -0.2) is 32.1 Å². The van der Waals surface area contributed by atoms with Crippen molar-refractivity contribution in [1.29, 1.82) is 0 Å². The fourth-order valence-corrected chi connectivity index (χ4v) is 4.55. The molecule has 0 aliphatic rings. The van der Waals surface area contributed by atoms with Crippen molar-refractivity contribution in [2.24, 2.45) is 7.05 Å². The Morgan fingerprint density at radius 2 is 1.63 bits per heavy atom. The molecule has 0 unspecified atom stereocenters. The fourth-order valence-electron chi connectivity index (χ4n) is 4.55. The van der Waals surface area contributed by atoms with Crippen LogP contribution in [0.2, 0.25) is 0 Å². The van der Waals surface area contributed by atoms with Crippen molar-refractivity contribution in [2.75, 3.05) is 7.05 Å². The van der Waals surface area contributed by atoms with E-state index in [1.54, 1.807) is 53.7 Å². The maximum Gasteiger partial charge on any atom is 0.333 e.